The zero-order valence-corrected chi connectivity index (χ0v) is 19.8. The second-order valence-electron chi connectivity index (χ2n) is 8.64. The van der Waals surface area contributed by atoms with E-state index in [4.69, 9.17) is 4.74 Å². The van der Waals surface area contributed by atoms with E-state index in [1.54, 1.807) is 12.1 Å². The summed E-state index contributed by atoms with van der Waals surface area (Å²) in [5, 5.41) is 4.24. The highest BCUT2D eigenvalue weighted by Gasteiger charge is 2.26. The van der Waals surface area contributed by atoms with Crippen LogP contribution in [-0.4, -0.2) is 50.6 Å². The first-order valence-electron chi connectivity index (χ1n) is 11.6. The van der Waals surface area contributed by atoms with Crippen molar-refractivity contribution in [2.45, 2.75) is 49.8 Å². The van der Waals surface area contributed by atoms with Gasteiger partial charge in [0.1, 0.15) is 0 Å². The molecule has 1 saturated heterocycles. The Bertz CT molecular complexity index is 1100. The van der Waals surface area contributed by atoms with Crippen molar-refractivity contribution in [2.24, 2.45) is 5.10 Å². The molecule has 176 valence electrons. The van der Waals surface area contributed by atoms with Crippen LogP contribution >= 0.6 is 0 Å². The van der Waals surface area contributed by atoms with Crippen molar-refractivity contribution in [3.63, 3.8) is 0 Å². The Labute approximate surface area is 195 Å². The summed E-state index contributed by atoms with van der Waals surface area (Å²) in [7, 11) is -3.67. The molecule has 4 rings (SSSR count). The van der Waals surface area contributed by atoms with Crippen LogP contribution in [0.25, 0.3) is 0 Å². The molecule has 8 heteroatoms. The Morgan fingerprint density at radius 2 is 1.70 bits per heavy atom. The Hall–Kier alpha value is -2.55. The SMILES string of the molecule is C/C(=N\NC(=O)c1cccc(S(=O)(=O)N2CCOCC2)c1)c1ccc(C2CCCCC2)cc1. The minimum absolute atomic E-state index is 0.0936. The fourth-order valence-electron chi connectivity index (χ4n) is 4.43. The zero-order valence-electron chi connectivity index (χ0n) is 19.0. The van der Waals surface area contributed by atoms with Crippen LogP contribution in [0, 0.1) is 0 Å². The van der Waals surface area contributed by atoms with Crippen molar-refractivity contribution in [3.8, 4) is 0 Å². The number of benzene rings is 2. The van der Waals surface area contributed by atoms with Gasteiger partial charge in [-0.1, -0.05) is 49.6 Å². The molecule has 1 heterocycles. The van der Waals surface area contributed by atoms with Gasteiger partial charge in [-0.25, -0.2) is 13.8 Å². The van der Waals surface area contributed by atoms with Crippen LogP contribution in [0.4, 0.5) is 0 Å². The molecule has 7 nitrogen and oxygen atoms in total. The van der Waals surface area contributed by atoms with Gasteiger partial charge < -0.3 is 4.74 Å². The molecule has 33 heavy (non-hydrogen) atoms. The number of hydrazone groups is 1. The number of carbonyl (C=O) groups is 1. The van der Waals surface area contributed by atoms with E-state index in [-0.39, 0.29) is 10.5 Å². The summed E-state index contributed by atoms with van der Waals surface area (Å²) < 4.78 is 32.3. The average Bonchev–Trinajstić information content (AvgIpc) is 2.88. The second-order valence-corrected chi connectivity index (χ2v) is 10.6. The summed E-state index contributed by atoms with van der Waals surface area (Å²) in [6.07, 6.45) is 6.44. The molecule has 0 radical (unpaired) electrons. The fourth-order valence-corrected chi connectivity index (χ4v) is 5.88. The van der Waals surface area contributed by atoms with Gasteiger partial charge in [-0.2, -0.15) is 9.41 Å². The van der Waals surface area contributed by atoms with Crippen molar-refractivity contribution in [2.75, 3.05) is 26.3 Å². The molecular weight excluding hydrogens is 438 g/mol. The summed E-state index contributed by atoms with van der Waals surface area (Å²) in [6, 6.07) is 14.5. The number of ether oxygens (including phenoxy) is 1. The highest BCUT2D eigenvalue weighted by Crippen LogP contribution is 2.32. The summed E-state index contributed by atoms with van der Waals surface area (Å²) in [5.74, 6) is 0.193. The van der Waals surface area contributed by atoms with Crippen molar-refractivity contribution < 1.29 is 17.9 Å². The first-order chi connectivity index (χ1) is 15.9. The molecule has 1 amide bonds. The molecule has 2 aliphatic rings. The normalized spacial score (nSPS) is 18.8. The number of nitrogens with zero attached hydrogens (tertiary/aromatic N) is 2. The van der Waals surface area contributed by atoms with E-state index < -0.39 is 15.9 Å². The molecule has 1 aliphatic heterocycles. The van der Waals surface area contributed by atoms with Gasteiger partial charge in [0.25, 0.3) is 5.91 Å². The number of carbonyl (C=O) groups excluding carboxylic acids is 1. The van der Waals surface area contributed by atoms with Crippen LogP contribution in [0.5, 0.6) is 0 Å². The first-order valence-corrected chi connectivity index (χ1v) is 13.0. The van der Waals surface area contributed by atoms with E-state index in [0.717, 1.165) is 5.56 Å². The lowest BCUT2D eigenvalue weighted by atomic mass is 9.84. The highest BCUT2D eigenvalue weighted by atomic mass is 32.2. The van der Waals surface area contributed by atoms with Crippen molar-refractivity contribution in [3.05, 3.63) is 65.2 Å². The Morgan fingerprint density at radius 3 is 2.39 bits per heavy atom. The predicted octanol–water partition coefficient (Wildman–Crippen LogP) is 3.91. The maximum absolute atomic E-state index is 12.9. The number of nitrogens with one attached hydrogen (secondary N) is 1. The van der Waals surface area contributed by atoms with Crippen molar-refractivity contribution in [1.82, 2.24) is 9.73 Å². The lowest BCUT2D eigenvalue weighted by Crippen LogP contribution is -2.40. The second kappa shape index (κ2) is 10.6. The number of hydrogen-bond acceptors (Lipinski definition) is 5. The van der Waals surface area contributed by atoms with Gasteiger partial charge in [-0.05, 0) is 55.0 Å². The molecular formula is C25H31N3O4S. The van der Waals surface area contributed by atoms with E-state index in [2.05, 4.69) is 22.7 Å². The quantitative estimate of drug-likeness (QED) is 0.513. The van der Waals surface area contributed by atoms with Crippen LogP contribution in [0.3, 0.4) is 0 Å². The number of morpholine rings is 1. The molecule has 2 aromatic carbocycles. The maximum Gasteiger partial charge on any atom is 0.271 e. The smallest absolute Gasteiger partial charge is 0.271 e. The monoisotopic (exact) mass is 469 g/mol. The summed E-state index contributed by atoms with van der Waals surface area (Å²) in [5.41, 5.74) is 5.80. The third kappa shape index (κ3) is 5.69. The van der Waals surface area contributed by atoms with Crippen LogP contribution in [0.2, 0.25) is 0 Å². The Balaban J connectivity index is 1.42. The number of sulfonamides is 1. The van der Waals surface area contributed by atoms with Gasteiger partial charge in [-0.15, -0.1) is 0 Å². The lowest BCUT2D eigenvalue weighted by molar-refractivity contribution is 0.0730. The molecule has 1 N–H and O–H groups in total. The predicted molar refractivity (Wildman–Crippen MR) is 128 cm³/mol. The topological polar surface area (TPSA) is 88.1 Å². The molecule has 0 unspecified atom stereocenters. The van der Waals surface area contributed by atoms with E-state index >= 15 is 0 Å². The molecule has 1 saturated carbocycles. The average molecular weight is 470 g/mol. The van der Waals surface area contributed by atoms with Crippen LogP contribution < -0.4 is 5.43 Å². The molecule has 0 bridgehead atoms. The van der Waals surface area contributed by atoms with Crippen LogP contribution in [0.15, 0.2) is 58.5 Å². The summed E-state index contributed by atoms with van der Waals surface area (Å²) in [6.45, 7) is 3.20. The van der Waals surface area contributed by atoms with Gasteiger partial charge in [0, 0.05) is 18.7 Å². The van der Waals surface area contributed by atoms with E-state index in [1.807, 2.05) is 19.1 Å². The van der Waals surface area contributed by atoms with Crippen LogP contribution in [-0.2, 0) is 14.8 Å². The molecule has 1 aliphatic carbocycles. The van der Waals surface area contributed by atoms with Crippen LogP contribution in [0.1, 0.15) is 66.4 Å². The highest BCUT2D eigenvalue weighted by molar-refractivity contribution is 7.89. The maximum atomic E-state index is 12.9. The lowest BCUT2D eigenvalue weighted by Gasteiger charge is -2.26. The van der Waals surface area contributed by atoms with E-state index in [0.29, 0.717) is 37.9 Å². The molecule has 2 fully saturated rings. The third-order valence-corrected chi connectivity index (χ3v) is 8.33. The van der Waals surface area contributed by atoms with Gasteiger partial charge >= 0.3 is 0 Å². The number of amides is 1. The van der Waals surface area contributed by atoms with Gasteiger partial charge in [0.15, 0.2) is 0 Å². The molecule has 2 aromatic rings. The summed E-state index contributed by atoms with van der Waals surface area (Å²) >= 11 is 0. The largest absolute Gasteiger partial charge is 0.379 e. The van der Waals surface area contributed by atoms with Gasteiger partial charge in [0.05, 0.1) is 23.8 Å². The number of rotatable bonds is 6. The van der Waals surface area contributed by atoms with E-state index in [1.165, 1.54) is 54.1 Å². The fraction of sp³-hybridized carbons (Fsp3) is 0.440. The van der Waals surface area contributed by atoms with Gasteiger partial charge in [0.2, 0.25) is 10.0 Å². The number of hydrogen-bond donors (Lipinski definition) is 1. The van der Waals surface area contributed by atoms with Crippen molar-refractivity contribution in [1.29, 1.82) is 0 Å². The first kappa shape index (κ1) is 23.6. The standard InChI is InChI=1S/C25H31N3O4S/c1-19(20-10-12-22(13-11-20)21-6-3-2-4-7-21)26-27-25(29)23-8-5-9-24(18-23)33(30,31)28-14-16-32-17-15-28/h5,8-13,18,21H,2-4,6-7,14-17H2,1H3,(H,27,29)/b26-19+. The van der Waals surface area contributed by atoms with Crippen molar-refractivity contribution >= 4 is 21.6 Å². The Morgan fingerprint density at radius 1 is 1.00 bits per heavy atom. The minimum atomic E-state index is -3.67. The van der Waals surface area contributed by atoms with Gasteiger partial charge in [-0.3, -0.25) is 4.79 Å². The molecule has 0 spiro atoms. The third-order valence-electron chi connectivity index (χ3n) is 6.43. The molecule has 0 aromatic heterocycles. The molecule has 0 atom stereocenters. The zero-order chi connectivity index (χ0) is 23.3. The summed E-state index contributed by atoms with van der Waals surface area (Å²) in [4.78, 5) is 12.7. The Kier molecular flexibility index (Phi) is 7.57. The van der Waals surface area contributed by atoms with E-state index in [9.17, 15) is 13.2 Å². The minimum Gasteiger partial charge on any atom is -0.379 e.